The normalized spacial score (nSPS) is 15.4. The summed E-state index contributed by atoms with van der Waals surface area (Å²) in [5.74, 6) is 0.324. The number of hydrogen-bond acceptors (Lipinski definition) is 5. The number of aryl methyl sites for hydroxylation is 2. The van der Waals surface area contributed by atoms with Crippen LogP contribution in [0.3, 0.4) is 0 Å². The second-order valence-electron chi connectivity index (χ2n) is 9.23. The number of halogens is 1. The van der Waals surface area contributed by atoms with E-state index in [1.54, 1.807) is 24.1 Å². The summed E-state index contributed by atoms with van der Waals surface area (Å²) < 4.78 is 45.7. The van der Waals surface area contributed by atoms with E-state index in [2.05, 4.69) is 9.82 Å². The fraction of sp³-hybridized carbons (Fsp3) is 0.500. The molecule has 0 amide bonds. The molecule has 2 aromatic heterocycles. The Morgan fingerprint density at radius 1 is 1.21 bits per heavy atom. The quantitative estimate of drug-likeness (QED) is 0.505. The first kappa shape index (κ1) is 23.4. The van der Waals surface area contributed by atoms with Gasteiger partial charge >= 0.3 is 5.69 Å². The van der Waals surface area contributed by atoms with E-state index in [1.165, 1.54) is 22.8 Å². The number of benzene rings is 1. The molecule has 33 heavy (non-hydrogen) atoms. The van der Waals surface area contributed by atoms with Gasteiger partial charge in [-0.3, -0.25) is 18.6 Å². The highest BCUT2D eigenvalue weighted by Crippen LogP contribution is 2.37. The van der Waals surface area contributed by atoms with Crippen LogP contribution in [-0.4, -0.2) is 39.5 Å². The Morgan fingerprint density at radius 3 is 2.52 bits per heavy atom. The van der Waals surface area contributed by atoms with Crippen molar-refractivity contribution in [1.29, 1.82) is 0 Å². The van der Waals surface area contributed by atoms with Crippen molar-refractivity contribution in [2.24, 2.45) is 13.0 Å². The fourth-order valence-electron chi connectivity index (χ4n) is 3.81. The third kappa shape index (κ3) is 4.65. The van der Waals surface area contributed by atoms with Crippen molar-refractivity contribution in [2.45, 2.75) is 56.6 Å². The zero-order valence-electron chi connectivity index (χ0n) is 18.9. The van der Waals surface area contributed by atoms with Crippen molar-refractivity contribution < 1.29 is 12.8 Å². The summed E-state index contributed by atoms with van der Waals surface area (Å²) in [6, 6.07) is 4.12. The maximum atomic E-state index is 13.3. The molecule has 1 fully saturated rings. The van der Waals surface area contributed by atoms with E-state index in [0.717, 1.165) is 4.57 Å². The van der Waals surface area contributed by atoms with Gasteiger partial charge in [0.1, 0.15) is 6.67 Å². The van der Waals surface area contributed by atoms with Gasteiger partial charge < -0.3 is 0 Å². The van der Waals surface area contributed by atoms with E-state index in [9.17, 15) is 22.4 Å². The van der Waals surface area contributed by atoms with Gasteiger partial charge in [-0.05, 0) is 43.4 Å². The third-order valence-corrected chi connectivity index (χ3v) is 7.57. The van der Waals surface area contributed by atoms with Crippen LogP contribution < -0.4 is 16.0 Å². The summed E-state index contributed by atoms with van der Waals surface area (Å²) in [4.78, 5) is 26.5. The van der Waals surface area contributed by atoms with Gasteiger partial charge in [-0.25, -0.2) is 22.3 Å². The molecule has 1 aliphatic rings. The van der Waals surface area contributed by atoms with Gasteiger partial charge in [0.25, 0.3) is 5.56 Å². The Labute approximate surface area is 190 Å². The van der Waals surface area contributed by atoms with Crippen LogP contribution in [-0.2, 0) is 30.2 Å². The molecule has 1 aromatic carbocycles. The second-order valence-corrected chi connectivity index (χ2v) is 10.9. The zero-order valence-corrected chi connectivity index (χ0v) is 19.7. The molecule has 9 nitrogen and oxygen atoms in total. The smallest absolute Gasteiger partial charge is 0.293 e. The van der Waals surface area contributed by atoms with Crippen LogP contribution in [0.1, 0.15) is 38.7 Å². The lowest BCUT2D eigenvalue weighted by Crippen LogP contribution is -2.41. The molecule has 0 radical (unpaired) electrons. The van der Waals surface area contributed by atoms with E-state index in [0.29, 0.717) is 42.8 Å². The van der Waals surface area contributed by atoms with Gasteiger partial charge in [0.15, 0.2) is 0 Å². The Hall–Kier alpha value is -2.79. The monoisotopic (exact) mass is 477 g/mol. The van der Waals surface area contributed by atoms with Crippen LogP contribution in [0.25, 0.3) is 10.9 Å². The lowest BCUT2D eigenvalue weighted by molar-refractivity contribution is 0.393. The van der Waals surface area contributed by atoms with Crippen LogP contribution >= 0.6 is 0 Å². The van der Waals surface area contributed by atoms with E-state index in [-0.39, 0.29) is 16.8 Å². The van der Waals surface area contributed by atoms with Crippen LogP contribution in [0.2, 0.25) is 0 Å². The SMILES string of the molecule is CC(C)CCn1c(=O)n(Cc2cnn(C)c2)c(=O)c2cc(S(=O)(=O)NC3(CF)CC3)ccc21. The third-order valence-electron chi connectivity index (χ3n) is 6.00. The molecule has 0 bridgehead atoms. The minimum Gasteiger partial charge on any atom is -0.293 e. The van der Waals surface area contributed by atoms with Gasteiger partial charge in [-0.2, -0.15) is 5.10 Å². The first-order valence-electron chi connectivity index (χ1n) is 10.9. The zero-order chi connectivity index (χ0) is 24.0. The number of fused-ring (bicyclic) bond motifs is 1. The Morgan fingerprint density at radius 2 is 1.94 bits per heavy atom. The molecule has 1 saturated carbocycles. The topological polar surface area (TPSA) is 108 Å². The molecule has 1 aliphatic carbocycles. The van der Waals surface area contributed by atoms with Crippen LogP contribution in [0.4, 0.5) is 4.39 Å². The molecule has 0 spiro atoms. The minimum absolute atomic E-state index is 0.0172. The largest absolute Gasteiger partial charge is 0.331 e. The summed E-state index contributed by atoms with van der Waals surface area (Å²) in [5, 5.41) is 4.21. The predicted octanol–water partition coefficient (Wildman–Crippen LogP) is 1.77. The van der Waals surface area contributed by atoms with Crippen molar-refractivity contribution >= 4 is 20.9 Å². The summed E-state index contributed by atoms with van der Waals surface area (Å²) in [7, 11) is -2.29. The fourth-order valence-corrected chi connectivity index (χ4v) is 5.27. The molecule has 3 aromatic rings. The Balaban J connectivity index is 1.86. The van der Waals surface area contributed by atoms with Gasteiger partial charge in [-0.15, -0.1) is 0 Å². The van der Waals surface area contributed by atoms with Gasteiger partial charge in [0.05, 0.1) is 34.1 Å². The van der Waals surface area contributed by atoms with Gasteiger partial charge in [0.2, 0.25) is 10.0 Å². The second kappa shape index (κ2) is 8.53. The van der Waals surface area contributed by atoms with E-state index >= 15 is 0 Å². The molecule has 1 N–H and O–H groups in total. The first-order valence-corrected chi connectivity index (χ1v) is 12.4. The average molecular weight is 478 g/mol. The molecule has 178 valence electrons. The predicted molar refractivity (Wildman–Crippen MR) is 122 cm³/mol. The molecule has 0 atom stereocenters. The minimum atomic E-state index is -4.03. The number of nitrogens with zero attached hydrogens (tertiary/aromatic N) is 4. The molecule has 0 saturated heterocycles. The molecule has 0 unspecified atom stereocenters. The maximum Gasteiger partial charge on any atom is 0.331 e. The number of alkyl halides is 1. The van der Waals surface area contributed by atoms with Crippen molar-refractivity contribution in [1.82, 2.24) is 23.6 Å². The molecular weight excluding hydrogens is 449 g/mol. The molecule has 4 rings (SSSR count). The Bertz CT molecular complexity index is 1420. The van der Waals surface area contributed by atoms with E-state index < -0.39 is 33.5 Å². The highest BCUT2D eigenvalue weighted by molar-refractivity contribution is 7.89. The van der Waals surface area contributed by atoms with E-state index in [1.807, 2.05) is 13.8 Å². The first-order chi connectivity index (χ1) is 15.5. The van der Waals surface area contributed by atoms with Gasteiger partial charge in [0, 0.05) is 25.4 Å². The summed E-state index contributed by atoms with van der Waals surface area (Å²) in [6.07, 6.45) is 4.86. The highest BCUT2D eigenvalue weighted by atomic mass is 32.2. The molecular formula is C22H28FN5O4S. The van der Waals surface area contributed by atoms with Crippen LogP contribution in [0, 0.1) is 5.92 Å². The molecule has 11 heteroatoms. The van der Waals surface area contributed by atoms with Gasteiger partial charge in [-0.1, -0.05) is 13.8 Å². The summed E-state index contributed by atoms with van der Waals surface area (Å²) in [6.45, 7) is 3.69. The number of rotatable bonds is 9. The number of sulfonamides is 1. The number of hydrogen-bond donors (Lipinski definition) is 1. The molecule has 0 aliphatic heterocycles. The molecule has 2 heterocycles. The Kier molecular flexibility index (Phi) is 6.04. The summed E-state index contributed by atoms with van der Waals surface area (Å²) in [5.41, 5.74) is -1.04. The van der Waals surface area contributed by atoms with Crippen molar-refractivity contribution in [2.75, 3.05) is 6.67 Å². The van der Waals surface area contributed by atoms with E-state index in [4.69, 9.17) is 0 Å². The van der Waals surface area contributed by atoms with Crippen molar-refractivity contribution in [3.05, 3.63) is 57.0 Å². The van der Waals surface area contributed by atoms with Crippen LogP contribution in [0.5, 0.6) is 0 Å². The van der Waals surface area contributed by atoms with Crippen molar-refractivity contribution in [3.8, 4) is 0 Å². The van der Waals surface area contributed by atoms with Crippen molar-refractivity contribution in [3.63, 3.8) is 0 Å². The highest BCUT2D eigenvalue weighted by Gasteiger charge is 2.46. The standard InChI is InChI=1S/C22H28FN5O4S/c1-15(2)6-9-27-19-5-4-17(33(31,32)25-22(14-23)7-8-22)10-18(19)20(29)28(21(27)30)13-16-11-24-26(3)12-16/h4-5,10-12,15,25H,6-9,13-14H2,1-3H3. The number of nitrogens with one attached hydrogen (secondary N) is 1. The number of aromatic nitrogens is 4. The lowest BCUT2D eigenvalue weighted by atomic mass is 10.1. The average Bonchev–Trinajstić information content (AvgIpc) is 3.41. The lowest BCUT2D eigenvalue weighted by Gasteiger charge is -2.17. The summed E-state index contributed by atoms with van der Waals surface area (Å²) >= 11 is 0. The maximum absolute atomic E-state index is 13.3. The van der Waals surface area contributed by atoms with Crippen LogP contribution in [0.15, 0.2) is 45.1 Å².